The molecule has 2 saturated heterocycles. The summed E-state index contributed by atoms with van der Waals surface area (Å²) in [4.78, 5) is 27.2. The Morgan fingerprint density at radius 1 is 1.00 bits per heavy atom. The van der Waals surface area contributed by atoms with Crippen molar-refractivity contribution in [3.05, 3.63) is 47.0 Å². The Kier molecular flexibility index (Phi) is 13.3. The molecule has 5 N–H and O–H groups in total. The van der Waals surface area contributed by atoms with Gasteiger partial charge in [0.1, 0.15) is 29.9 Å². The van der Waals surface area contributed by atoms with Crippen LogP contribution in [0.15, 0.2) is 30.6 Å². The second-order valence-electron chi connectivity index (χ2n) is 12.7. The van der Waals surface area contributed by atoms with Crippen LogP contribution >= 0.6 is 11.6 Å². The van der Waals surface area contributed by atoms with Crippen LogP contribution < -0.4 is 9.64 Å². The first kappa shape index (κ1) is 36.2. The number of nitrogens with zero attached hydrogens (tertiary/aromatic N) is 5. The molecule has 2 fully saturated rings. The minimum atomic E-state index is -1.68. The lowest BCUT2D eigenvalue weighted by Crippen LogP contribution is -2.54. The van der Waals surface area contributed by atoms with Crippen molar-refractivity contribution in [2.75, 3.05) is 63.9 Å². The van der Waals surface area contributed by atoms with Gasteiger partial charge in [0.15, 0.2) is 0 Å². The molecule has 0 radical (unpaired) electrons. The van der Waals surface area contributed by atoms with E-state index in [0.717, 1.165) is 45.2 Å². The van der Waals surface area contributed by atoms with E-state index in [1.54, 1.807) is 29.4 Å². The average Bonchev–Trinajstić information content (AvgIpc) is 3.05. The second kappa shape index (κ2) is 17.0. The summed E-state index contributed by atoms with van der Waals surface area (Å²) in [5, 5.41) is 49.0. The topological polar surface area (TPSA) is 163 Å². The van der Waals surface area contributed by atoms with E-state index in [-0.39, 0.29) is 29.9 Å². The first-order chi connectivity index (χ1) is 22.0. The number of halogens is 2. The molecule has 2 aliphatic heterocycles. The minimum Gasteiger partial charge on any atom is -0.493 e. The van der Waals surface area contributed by atoms with E-state index in [1.165, 1.54) is 6.07 Å². The molecule has 46 heavy (non-hydrogen) atoms. The zero-order chi connectivity index (χ0) is 33.3. The lowest BCUT2D eigenvalue weighted by Gasteiger charge is -2.39. The Labute approximate surface area is 274 Å². The summed E-state index contributed by atoms with van der Waals surface area (Å²) >= 11 is 5.90. The molecular formula is C32H47ClFN5O7. The smallest absolute Gasteiger partial charge is 0.227 e. The highest BCUT2D eigenvalue weighted by Gasteiger charge is 2.33. The molecule has 0 saturated carbocycles. The summed E-state index contributed by atoms with van der Waals surface area (Å²) in [6.45, 7) is 5.44. The van der Waals surface area contributed by atoms with Gasteiger partial charge in [0.2, 0.25) is 11.9 Å². The van der Waals surface area contributed by atoms with E-state index in [1.807, 2.05) is 4.90 Å². The molecule has 3 heterocycles. The largest absolute Gasteiger partial charge is 0.493 e. The number of unbranched alkanes of at least 4 members (excludes halogenated alkanes) is 1. The molecule has 12 nitrogen and oxygen atoms in total. The van der Waals surface area contributed by atoms with Crippen LogP contribution in [-0.2, 0) is 11.2 Å². The number of aliphatic hydroxyl groups is 5. The SMILES string of the molecule is CC1(CCCCOc2ccc(CC(=O)N3CCN(C[C@H](O)[C@@H](O)[C@H](O)[C@H](O)CO)CC3)c(F)c2)CCN(c2ncc(Cl)cn2)CC1. The van der Waals surface area contributed by atoms with Crippen molar-refractivity contribution in [3.63, 3.8) is 0 Å². The van der Waals surface area contributed by atoms with Gasteiger partial charge in [0.25, 0.3) is 0 Å². The Hall–Kier alpha value is -2.65. The first-order valence-corrected chi connectivity index (χ1v) is 16.3. The maximum atomic E-state index is 14.9. The number of piperazine rings is 1. The summed E-state index contributed by atoms with van der Waals surface area (Å²) in [6, 6.07) is 4.60. The molecular weight excluding hydrogens is 621 g/mol. The van der Waals surface area contributed by atoms with E-state index < -0.39 is 36.8 Å². The lowest BCUT2D eigenvalue weighted by molar-refractivity contribution is -0.134. The zero-order valence-electron chi connectivity index (χ0n) is 26.3. The summed E-state index contributed by atoms with van der Waals surface area (Å²) < 4.78 is 20.7. The third kappa shape index (κ3) is 10.2. The van der Waals surface area contributed by atoms with Gasteiger partial charge in [-0.3, -0.25) is 9.69 Å². The highest BCUT2D eigenvalue weighted by molar-refractivity contribution is 6.30. The van der Waals surface area contributed by atoms with Crippen LogP contribution in [0.25, 0.3) is 0 Å². The van der Waals surface area contributed by atoms with Gasteiger partial charge >= 0.3 is 0 Å². The number of rotatable bonds is 15. The molecule has 2 aromatic rings. The number of piperidine rings is 1. The number of hydrogen-bond acceptors (Lipinski definition) is 11. The highest BCUT2D eigenvalue weighted by Crippen LogP contribution is 2.36. The van der Waals surface area contributed by atoms with E-state index in [9.17, 15) is 29.6 Å². The van der Waals surface area contributed by atoms with Gasteiger partial charge in [0.05, 0.1) is 43.2 Å². The third-order valence-corrected chi connectivity index (χ3v) is 9.36. The van der Waals surface area contributed by atoms with Crippen molar-refractivity contribution in [1.82, 2.24) is 19.8 Å². The fourth-order valence-electron chi connectivity index (χ4n) is 5.96. The predicted octanol–water partition coefficient (Wildman–Crippen LogP) is 1.25. The Morgan fingerprint density at radius 2 is 1.65 bits per heavy atom. The number of carbonyl (C=O) groups is 1. The fraction of sp³-hybridized carbons (Fsp3) is 0.656. The van der Waals surface area contributed by atoms with E-state index in [4.69, 9.17) is 21.4 Å². The third-order valence-electron chi connectivity index (χ3n) is 9.17. The molecule has 4 atom stereocenters. The van der Waals surface area contributed by atoms with E-state index in [0.29, 0.717) is 49.5 Å². The van der Waals surface area contributed by atoms with Crippen LogP contribution in [0, 0.1) is 11.2 Å². The molecule has 0 spiro atoms. The molecule has 0 unspecified atom stereocenters. The van der Waals surface area contributed by atoms with Crippen LogP contribution in [0.3, 0.4) is 0 Å². The Morgan fingerprint density at radius 3 is 2.28 bits per heavy atom. The van der Waals surface area contributed by atoms with Crippen molar-refractivity contribution in [2.24, 2.45) is 5.41 Å². The van der Waals surface area contributed by atoms with Gasteiger partial charge in [-0.2, -0.15) is 0 Å². The van der Waals surface area contributed by atoms with Crippen molar-refractivity contribution in [3.8, 4) is 5.75 Å². The van der Waals surface area contributed by atoms with E-state index >= 15 is 0 Å². The summed E-state index contributed by atoms with van der Waals surface area (Å²) in [5.74, 6) is 0.443. The number of amides is 1. The molecule has 1 amide bonds. The summed E-state index contributed by atoms with van der Waals surface area (Å²) in [5.41, 5.74) is 0.534. The number of aliphatic hydroxyl groups excluding tert-OH is 5. The van der Waals surface area contributed by atoms with Crippen molar-refractivity contribution in [1.29, 1.82) is 0 Å². The van der Waals surface area contributed by atoms with Crippen LogP contribution in [0.1, 0.15) is 44.6 Å². The first-order valence-electron chi connectivity index (χ1n) is 15.9. The number of ether oxygens (including phenoxy) is 1. The second-order valence-corrected chi connectivity index (χ2v) is 13.2. The number of carbonyl (C=O) groups excluding carboxylic acids is 1. The van der Waals surface area contributed by atoms with Gasteiger partial charge in [-0.1, -0.05) is 24.6 Å². The monoisotopic (exact) mass is 667 g/mol. The van der Waals surface area contributed by atoms with Gasteiger partial charge in [0, 0.05) is 51.9 Å². The minimum absolute atomic E-state index is 0.0213. The van der Waals surface area contributed by atoms with Crippen molar-refractivity contribution < 1.29 is 39.5 Å². The number of anilines is 1. The normalized spacial score (nSPS) is 19.8. The fourth-order valence-corrected chi connectivity index (χ4v) is 6.06. The van der Waals surface area contributed by atoms with Gasteiger partial charge in [-0.15, -0.1) is 0 Å². The van der Waals surface area contributed by atoms with Crippen LogP contribution in [-0.4, -0.2) is 135 Å². The molecule has 1 aromatic heterocycles. The molecule has 14 heteroatoms. The average molecular weight is 668 g/mol. The van der Waals surface area contributed by atoms with E-state index in [2.05, 4.69) is 21.8 Å². The maximum absolute atomic E-state index is 14.9. The molecule has 1 aromatic carbocycles. The molecule has 4 rings (SSSR count). The van der Waals surface area contributed by atoms with Crippen molar-refractivity contribution in [2.45, 2.75) is 69.9 Å². The molecule has 0 aliphatic carbocycles. The quantitative estimate of drug-likeness (QED) is 0.174. The maximum Gasteiger partial charge on any atom is 0.227 e. The summed E-state index contributed by atoms with van der Waals surface area (Å²) in [6.07, 6.45) is 1.97. The number of hydrogen-bond donors (Lipinski definition) is 5. The van der Waals surface area contributed by atoms with Crippen LogP contribution in [0.2, 0.25) is 5.02 Å². The Balaban J connectivity index is 1.12. The summed E-state index contributed by atoms with van der Waals surface area (Å²) in [7, 11) is 0. The van der Waals surface area contributed by atoms with Gasteiger partial charge in [-0.05, 0) is 49.1 Å². The van der Waals surface area contributed by atoms with Crippen LogP contribution in [0.4, 0.5) is 10.3 Å². The zero-order valence-corrected chi connectivity index (χ0v) is 27.1. The van der Waals surface area contributed by atoms with Gasteiger partial charge < -0.3 is 40.1 Å². The van der Waals surface area contributed by atoms with Crippen molar-refractivity contribution >= 4 is 23.5 Å². The molecule has 0 bridgehead atoms. The lowest BCUT2D eigenvalue weighted by atomic mass is 9.76. The number of β-amino-alcohol motifs (C(OH)–C–C–N with tert-alkyl or cyclic N) is 1. The van der Waals surface area contributed by atoms with Crippen LogP contribution in [0.5, 0.6) is 5.75 Å². The molecule has 2 aliphatic rings. The Bertz CT molecular complexity index is 1250. The number of benzene rings is 1. The molecule has 256 valence electrons. The predicted molar refractivity (Wildman–Crippen MR) is 170 cm³/mol. The standard InChI is InChI=1S/C32H47ClFN5O7/c1-32(7-9-39(10-8-32)31-35-18-23(33)19-36-31)6-2-3-15-46-24-5-4-22(25(34)17-24)16-28(43)38-13-11-37(12-14-38)20-26(41)29(44)30(45)27(42)21-40/h4-5,17-19,26-27,29-30,40-42,44-45H,2-3,6-16,20-21H2,1H3/t26-,27+,29+,30+/m0/s1. The highest BCUT2D eigenvalue weighted by atomic mass is 35.5. The van der Waals surface area contributed by atoms with Gasteiger partial charge in [-0.25, -0.2) is 14.4 Å². The number of aromatic nitrogens is 2.